The minimum atomic E-state index is -3.07. The number of carbonyl (C=O) groups is 2. The number of para-hydroxylation sites is 1. The molecule has 126 valence electrons. The first-order valence-corrected chi connectivity index (χ1v) is 9.28. The van der Waals surface area contributed by atoms with E-state index in [0.29, 0.717) is 11.9 Å². The molecule has 1 amide bonds. The highest BCUT2D eigenvalue weighted by atomic mass is 32.2. The number of fused-ring (bicyclic) bond motifs is 1. The van der Waals surface area contributed by atoms with Crippen molar-refractivity contribution in [2.75, 3.05) is 18.1 Å². The van der Waals surface area contributed by atoms with Gasteiger partial charge in [-0.2, -0.15) is 0 Å². The van der Waals surface area contributed by atoms with Gasteiger partial charge < -0.3 is 10.1 Å². The highest BCUT2D eigenvalue weighted by Gasteiger charge is 2.29. The third kappa shape index (κ3) is 3.88. The van der Waals surface area contributed by atoms with Gasteiger partial charge in [-0.25, -0.2) is 18.2 Å². The van der Waals surface area contributed by atoms with Crippen molar-refractivity contribution in [3.05, 3.63) is 42.1 Å². The Bertz CT molecular complexity index is 894. The molecule has 1 aliphatic rings. The third-order valence-corrected chi connectivity index (χ3v) is 5.51. The zero-order valence-electron chi connectivity index (χ0n) is 12.8. The van der Waals surface area contributed by atoms with Gasteiger partial charge >= 0.3 is 5.97 Å². The van der Waals surface area contributed by atoms with E-state index in [1.807, 2.05) is 18.2 Å². The summed E-state index contributed by atoms with van der Waals surface area (Å²) in [4.78, 5) is 27.9. The van der Waals surface area contributed by atoms with Crippen LogP contribution in [-0.4, -0.2) is 49.4 Å². The Hall–Kier alpha value is -2.48. The van der Waals surface area contributed by atoms with Crippen LogP contribution in [0.3, 0.4) is 0 Å². The van der Waals surface area contributed by atoms with Gasteiger partial charge in [0.2, 0.25) is 0 Å². The van der Waals surface area contributed by atoms with Crippen LogP contribution < -0.4 is 5.32 Å². The van der Waals surface area contributed by atoms with Crippen molar-refractivity contribution in [2.45, 2.75) is 12.5 Å². The number of nitrogens with one attached hydrogen (secondary N) is 1. The largest absolute Gasteiger partial charge is 0.451 e. The van der Waals surface area contributed by atoms with Gasteiger partial charge in [0.25, 0.3) is 5.91 Å². The van der Waals surface area contributed by atoms with Crippen LogP contribution in [0.2, 0.25) is 0 Å². The molecule has 7 nitrogen and oxygen atoms in total. The topological polar surface area (TPSA) is 102 Å². The van der Waals surface area contributed by atoms with Gasteiger partial charge in [-0.05, 0) is 18.6 Å². The summed E-state index contributed by atoms with van der Waals surface area (Å²) in [6.07, 6.45) is 0.383. The molecule has 1 aliphatic heterocycles. The first kappa shape index (κ1) is 16.4. The van der Waals surface area contributed by atoms with Crippen molar-refractivity contribution < 1.29 is 22.7 Å². The molecule has 0 bridgehead atoms. The second-order valence-corrected chi connectivity index (χ2v) is 7.86. The third-order valence-electron chi connectivity index (χ3n) is 3.74. The standard InChI is InChI=1S/C16H16N2O5S/c19-15(17-12-7-8-24(21,22)10-12)9-23-16(20)14-6-5-11-3-1-2-4-13(11)18-14/h1-6,12H,7-10H2,(H,17,19)/t12-/m1/s1. The monoisotopic (exact) mass is 348 g/mol. The quantitative estimate of drug-likeness (QED) is 0.816. The van der Waals surface area contributed by atoms with E-state index in [9.17, 15) is 18.0 Å². The fraction of sp³-hybridized carbons (Fsp3) is 0.312. The first-order chi connectivity index (χ1) is 11.4. The molecule has 0 aliphatic carbocycles. The smallest absolute Gasteiger partial charge is 0.357 e. The van der Waals surface area contributed by atoms with Crippen LogP contribution in [0.5, 0.6) is 0 Å². The Labute approximate surface area is 138 Å². The zero-order chi connectivity index (χ0) is 17.2. The molecule has 8 heteroatoms. The Kier molecular flexibility index (Phi) is 4.48. The van der Waals surface area contributed by atoms with Gasteiger partial charge in [-0.15, -0.1) is 0 Å². The lowest BCUT2D eigenvalue weighted by Crippen LogP contribution is -2.38. The lowest BCUT2D eigenvalue weighted by Gasteiger charge is -2.11. The van der Waals surface area contributed by atoms with Crippen molar-refractivity contribution in [3.63, 3.8) is 0 Å². The number of hydrogen-bond acceptors (Lipinski definition) is 6. The van der Waals surface area contributed by atoms with E-state index < -0.39 is 34.4 Å². The van der Waals surface area contributed by atoms with Crippen LogP contribution in [0.25, 0.3) is 10.9 Å². The van der Waals surface area contributed by atoms with Crippen LogP contribution in [-0.2, 0) is 19.4 Å². The van der Waals surface area contributed by atoms with Crippen molar-refractivity contribution in [2.24, 2.45) is 0 Å². The van der Waals surface area contributed by atoms with Crippen LogP contribution in [0, 0.1) is 0 Å². The molecule has 0 spiro atoms. The van der Waals surface area contributed by atoms with Crippen molar-refractivity contribution >= 4 is 32.6 Å². The molecule has 1 fully saturated rings. The molecule has 1 N–H and O–H groups in total. The number of nitrogens with zero attached hydrogens (tertiary/aromatic N) is 1. The fourth-order valence-electron chi connectivity index (χ4n) is 2.56. The molecule has 0 saturated carbocycles. The van der Waals surface area contributed by atoms with Gasteiger partial charge in [0.1, 0.15) is 5.69 Å². The predicted molar refractivity (Wildman–Crippen MR) is 87.2 cm³/mol. The maximum Gasteiger partial charge on any atom is 0.357 e. The molecule has 1 aromatic carbocycles. The maximum absolute atomic E-state index is 12.0. The molecular weight excluding hydrogens is 332 g/mol. The number of ether oxygens (including phenoxy) is 1. The summed E-state index contributed by atoms with van der Waals surface area (Å²) in [6.45, 7) is -0.468. The van der Waals surface area contributed by atoms with Crippen LogP contribution in [0.15, 0.2) is 36.4 Å². The number of rotatable bonds is 4. The molecule has 1 aromatic heterocycles. The Morgan fingerprint density at radius 3 is 2.75 bits per heavy atom. The second-order valence-electron chi connectivity index (χ2n) is 5.63. The minimum absolute atomic E-state index is 0.0682. The van der Waals surface area contributed by atoms with E-state index in [2.05, 4.69) is 10.3 Å². The number of amides is 1. The van der Waals surface area contributed by atoms with Gasteiger partial charge in [0.05, 0.1) is 17.0 Å². The first-order valence-electron chi connectivity index (χ1n) is 7.46. The normalized spacial score (nSPS) is 19.1. The molecule has 2 heterocycles. The van der Waals surface area contributed by atoms with Crippen molar-refractivity contribution in [1.82, 2.24) is 10.3 Å². The Balaban J connectivity index is 1.55. The molecule has 1 atom stereocenters. The van der Waals surface area contributed by atoms with Crippen molar-refractivity contribution in [1.29, 1.82) is 0 Å². The van der Waals surface area contributed by atoms with Crippen LogP contribution >= 0.6 is 0 Å². The number of sulfone groups is 1. The lowest BCUT2D eigenvalue weighted by atomic mass is 10.2. The molecule has 24 heavy (non-hydrogen) atoms. The highest BCUT2D eigenvalue weighted by molar-refractivity contribution is 7.91. The number of pyridine rings is 1. The number of esters is 1. The van der Waals surface area contributed by atoms with E-state index in [-0.39, 0.29) is 17.2 Å². The maximum atomic E-state index is 12.0. The lowest BCUT2D eigenvalue weighted by molar-refractivity contribution is -0.124. The average Bonchev–Trinajstić information content (AvgIpc) is 2.90. The summed E-state index contributed by atoms with van der Waals surface area (Å²) in [5.74, 6) is -1.22. The Morgan fingerprint density at radius 2 is 2.00 bits per heavy atom. The molecular formula is C16H16N2O5S. The van der Waals surface area contributed by atoms with Crippen molar-refractivity contribution in [3.8, 4) is 0 Å². The SMILES string of the molecule is O=C(COC(=O)c1ccc2ccccc2n1)N[C@@H]1CCS(=O)(=O)C1. The van der Waals surface area contributed by atoms with E-state index in [4.69, 9.17) is 4.74 Å². The van der Waals surface area contributed by atoms with E-state index in [1.165, 1.54) is 6.07 Å². The highest BCUT2D eigenvalue weighted by Crippen LogP contribution is 2.13. The summed E-state index contributed by atoms with van der Waals surface area (Å²) in [5, 5.41) is 3.45. The number of carbonyl (C=O) groups excluding carboxylic acids is 2. The van der Waals surface area contributed by atoms with E-state index in [1.54, 1.807) is 12.1 Å². The van der Waals surface area contributed by atoms with Gasteiger partial charge in [0.15, 0.2) is 16.4 Å². The van der Waals surface area contributed by atoms with E-state index in [0.717, 1.165) is 5.39 Å². The number of aromatic nitrogens is 1. The van der Waals surface area contributed by atoms with E-state index >= 15 is 0 Å². The summed E-state index contributed by atoms with van der Waals surface area (Å²) >= 11 is 0. The number of hydrogen-bond donors (Lipinski definition) is 1. The second kappa shape index (κ2) is 6.56. The molecule has 0 radical (unpaired) electrons. The summed E-state index contributed by atoms with van der Waals surface area (Å²) < 4.78 is 27.6. The number of benzene rings is 1. The summed E-state index contributed by atoms with van der Waals surface area (Å²) in [7, 11) is -3.07. The van der Waals surface area contributed by atoms with Gasteiger partial charge in [-0.3, -0.25) is 4.79 Å². The summed E-state index contributed by atoms with van der Waals surface area (Å²) in [5.41, 5.74) is 0.775. The fourth-order valence-corrected chi connectivity index (χ4v) is 4.24. The minimum Gasteiger partial charge on any atom is -0.451 e. The zero-order valence-corrected chi connectivity index (χ0v) is 13.6. The van der Waals surface area contributed by atoms with Crippen LogP contribution in [0.1, 0.15) is 16.9 Å². The molecule has 3 rings (SSSR count). The average molecular weight is 348 g/mol. The summed E-state index contributed by atoms with van der Waals surface area (Å²) in [6, 6.07) is 10.2. The Morgan fingerprint density at radius 1 is 1.21 bits per heavy atom. The van der Waals surface area contributed by atoms with Gasteiger partial charge in [-0.1, -0.05) is 24.3 Å². The van der Waals surface area contributed by atoms with Gasteiger partial charge in [0, 0.05) is 11.4 Å². The predicted octanol–water partition coefficient (Wildman–Crippen LogP) is 0.695. The molecule has 0 unspecified atom stereocenters. The molecule has 1 saturated heterocycles. The molecule has 2 aromatic rings. The van der Waals surface area contributed by atoms with Crippen LogP contribution in [0.4, 0.5) is 0 Å².